The van der Waals surface area contributed by atoms with Crippen LogP contribution in [-0.4, -0.2) is 39.8 Å². The minimum absolute atomic E-state index is 0.0140. The van der Waals surface area contributed by atoms with E-state index >= 15 is 0 Å². The van der Waals surface area contributed by atoms with Crippen LogP contribution in [0, 0.1) is 0 Å². The van der Waals surface area contributed by atoms with Crippen molar-refractivity contribution in [1.82, 2.24) is 0 Å². The molecule has 0 aliphatic rings. The van der Waals surface area contributed by atoms with Gasteiger partial charge in [-0.3, -0.25) is 9.59 Å². The van der Waals surface area contributed by atoms with E-state index in [-0.39, 0.29) is 11.6 Å². The summed E-state index contributed by atoms with van der Waals surface area (Å²) in [7, 11) is 7.75. The molecule has 2 rings (SSSR count). The molecule has 24 heavy (non-hydrogen) atoms. The van der Waals surface area contributed by atoms with Crippen molar-refractivity contribution in [3.05, 3.63) is 47.5 Å². The zero-order valence-corrected chi connectivity index (χ0v) is 15.2. The topological polar surface area (TPSA) is 40.6 Å². The van der Waals surface area contributed by atoms with Crippen LogP contribution in [0.5, 0.6) is 0 Å². The number of carbonyl (C=O) groups is 2. The van der Waals surface area contributed by atoms with Crippen LogP contribution in [0.1, 0.15) is 34.6 Å². The molecule has 4 heteroatoms. The molecule has 0 aliphatic heterocycles. The number of anilines is 2. The number of ketones is 2. The van der Waals surface area contributed by atoms with Gasteiger partial charge in [0, 0.05) is 50.7 Å². The van der Waals surface area contributed by atoms with Crippen molar-refractivity contribution >= 4 is 22.9 Å². The first-order valence-corrected chi connectivity index (χ1v) is 7.87. The first kappa shape index (κ1) is 17.7. The fraction of sp³-hybridized carbons (Fsp3) is 0.300. The van der Waals surface area contributed by atoms with Crippen LogP contribution in [0.2, 0.25) is 0 Å². The molecule has 0 fully saturated rings. The Hall–Kier alpha value is -2.62. The van der Waals surface area contributed by atoms with E-state index in [2.05, 4.69) is 0 Å². The van der Waals surface area contributed by atoms with Crippen molar-refractivity contribution in [2.45, 2.75) is 13.8 Å². The highest BCUT2D eigenvalue weighted by Gasteiger charge is 2.17. The summed E-state index contributed by atoms with van der Waals surface area (Å²) in [4.78, 5) is 28.2. The molecule has 126 valence electrons. The second kappa shape index (κ2) is 6.87. The van der Waals surface area contributed by atoms with Gasteiger partial charge in [-0.2, -0.15) is 0 Å². The van der Waals surface area contributed by atoms with E-state index in [1.807, 2.05) is 74.4 Å². The van der Waals surface area contributed by atoms with Crippen molar-refractivity contribution in [2.24, 2.45) is 0 Å². The maximum atomic E-state index is 12.2. The predicted molar refractivity (Wildman–Crippen MR) is 101 cm³/mol. The molecule has 0 saturated heterocycles. The third-order valence-electron chi connectivity index (χ3n) is 4.09. The summed E-state index contributed by atoms with van der Waals surface area (Å²) in [5.41, 5.74) is 4.76. The number of benzene rings is 2. The van der Waals surface area contributed by atoms with Gasteiger partial charge in [-0.15, -0.1) is 0 Å². The second-order valence-electron chi connectivity index (χ2n) is 6.36. The molecule has 0 bridgehead atoms. The average Bonchev–Trinajstić information content (AvgIpc) is 2.53. The number of carbonyl (C=O) groups excluding carboxylic acids is 2. The van der Waals surface area contributed by atoms with E-state index in [0.717, 1.165) is 22.5 Å². The minimum atomic E-state index is -0.0140. The summed E-state index contributed by atoms with van der Waals surface area (Å²) in [6.45, 7) is 3.11. The zero-order valence-electron chi connectivity index (χ0n) is 15.2. The normalized spacial score (nSPS) is 10.4. The lowest BCUT2D eigenvalue weighted by atomic mass is 9.91. The SMILES string of the molecule is CC(=O)c1cc(N(C)C)ccc1-c1ccc(N(C)C)cc1C(C)=O. The molecule has 0 atom stereocenters. The van der Waals surface area contributed by atoms with Gasteiger partial charge in [-0.1, -0.05) is 12.1 Å². The molecule has 0 amide bonds. The number of rotatable bonds is 5. The fourth-order valence-corrected chi connectivity index (χ4v) is 2.67. The molecule has 0 heterocycles. The zero-order chi connectivity index (χ0) is 18.0. The largest absolute Gasteiger partial charge is 0.378 e. The molecule has 0 spiro atoms. The molecule has 4 nitrogen and oxygen atoms in total. The third kappa shape index (κ3) is 3.48. The van der Waals surface area contributed by atoms with Crippen molar-refractivity contribution in [3.63, 3.8) is 0 Å². The number of hydrogen-bond acceptors (Lipinski definition) is 4. The molecule has 0 aliphatic carbocycles. The van der Waals surface area contributed by atoms with E-state index in [1.54, 1.807) is 13.8 Å². The number of nitrogens with zero attached hydrogens (tertiary/aromatic N) is 2. The minimum Gasteiger partial charge on any atom is -0.378 e. The van der Waals surface area contributed by atoms with Gasteiger partial charge in [0.25, 0.3) is 0 Å². The van der Waals surface area contributed by atoms with Crippen LogP contribution in [0.25, 0.3) is 11.1 Å². The van der Waals surface area contributed by atoms with Gasteiger partial charge in [-0.05, 0) is 49.2 Å². The molecular weight excluding hydrogens is 300 g/mol. The lowest BCUT2D eigenvalue weighted by molar-refractivity contribution is 0.100. The Balaban J connectivity index is 2.71. The van der Waals surface area contributed by atoms with E-state index in [0.29, 0.717) is 11.1 Å². The Morgan fingerprint density at radius 2 is 1.00 bits per heavy atom. The maximum Gasteiger partial charge on any atom is 0.160 e. The van der Waals surface area contributed by atoms with Crippen molar-refractivity contribution in [3.8, 4) is 11.1 Å². The molecule has 2 aromatic carbocycles. The van der Waals surface area contributed by atoms with Crippen molar-refractivity contribution in [2.75, 3.05) is 38.0 Å². The summed E-state index contributed by atoms with van der Waals surface area (Å²) in [6, 6.07) is 11.5. The van der Waals surface area contributed by atoms with E-state index in [4.69, 9.17) is 0 Å². The molecule has 0 saturated carbocycles. The van der Waals surface area contributed by atoms with Gasteiger partial charge in [0.2, 0.25) is 0 Å². The van der Waals surface area contributed by atoms with E-state index < -0.39 is 0 Å². The summed E-state index contributed by atoms with van der Waals surface area (Å²) < 4.78 is 0. The molecular formula is C20H24N2O2. The van der Waals surface area contributed by atoms with Gasteiger partial charge in [-0.25, -0.2) is 0 Å². The summed E-state index contributed by atoms with van der Waals surface area (Å²) in [5.74, 6) is -0.0280. The van der Waals surface area contributed by atoms with Crippen LogP contribution in [-0.2, 0) is 0 Å². The second-order valence-corrected chi connectivity index (χ2v) is 6.36. The maximum absolute atomic E-state index is 12.2. The number of hydrogen-bond donors (Lipinski definition) is 0. The van der Waals surface area contributed by atoms with Crippen LogP contribution in [0.4, 0.5) is 11.4 Å². The van der Waals surface area contributed by atoms with Crippen LogP contribution in [0.15, 0.2) is 36.4 Å². The lowest BCUT2D eigenvalue weighted by Gasteiger charge is -2.19. The van der Waals surface area contributed by atoms with Crippen molar-refractivity contribution in [1.29, 1.82) is 0 Å². The molecule has 2 aromatic rings. The monoisotopic (exact) mass is 324 g/mol. The van der Waals surface area contributed by atoms with Crippen LogP contribution < -0.4 is 9.80 Å². The summed E-state index contributed by atoms with van der Waals surface area (Å²) in [5, 5.41) is 0. The Kier molecular flexibility index (Phi) is 5.07. The Bertz CT molecular complexity index is 725. The smallest absolute Gasteiger partial charge is 0.160 e. The van der Waals surface area contributed by atoms with E-state index in [1.165, 1.54) is 0 Å². The fourth-order valence-electron chi connectivity index (χ4n) is 2.67. The highest BCUT2D eigenvalue weighted by molar-refractivity contribution is 6.07. The van der Waals surface area contributed by atoms with Gasteiger partial charge in [0.15, 0.2) is 11.6 Å². The molecule has 0 radical (unpaired) electrons. The standard InChI is InChI=1S/C20H24N2O2/c1-13(23)19-11-15(21(3)4)7-9-17(19)18-10-8-16(22(5)6)12-20(18)14(2)24/h7-12H,1-6H3. The van der Waals surface area contributed by atoms with Gasteiger partial charge < -0.3 is 9.80 Å². The van der Waals surface area contributed by atoms with Gasteiger partial charge in [0.05, 0.1) is 0 Å². The Morgan fingerprint density at radius 3 is 1.25 bits per heavy atom. The van der Waals surface area contributed by atoms with Crippen LogP contribution in [0.3, 0.4) is 0 Å². The third-order valence-corrected chi connectivity index (χ3v) is 4.09. The number of Topliss-reactive ketones (excluding diaryl/α,β-unsaturated/α-hetero) is 2. The Morgan fingerprint density at radius 1 is 0.667 bits per heavy atom. The highest BCUT2D eigenvalue weighted by atomic mass is 16.1. The van der Waals surface area contributed by atoms with Gasteiger partial charge >= 0.3 is 0 Å². The highest BCUT2D eigenvalue weighted by Crippen LogP contribution is 2.32. The lowest BCUT2D eigenvalue weighted by Crippen LogP contribution is -2.11. The molecule has 0 N–H and O–H groups in total. The molecule has 0 aromatic heterocycles. The average molecular weight is 324 g/mol. The van der Waals surface area contributed by atoms with Crippen LogP contribution >= 0.6 is 0 Å². The first-order chi connectivity index (χ1) is 11.2. The quantitative estimate of drug-likeness (QED) is 0.782. The Labute approximate surface area is 143 Å². The molecule has 0 unspecified atom stereocenters. The van der Waals surface area contributed by atoms with E-state index in [9.17, 15) is 9.59 Å². The summed E-state index contributed by atoms with van der Waals surface area (Å²) >= 11 is 0. The summed E-state index contributed by atoms with van der Waals surface area (Å²) in [6.07, 6.45) is 0. The first-order valence-electron chi connectivity index (χ1n) is 7.87. The predicted octanol–water partition coefficient (Wildman–Crippen LogP) is 3.89. The van der Waals surface area contributed by atoms with Gasteiger partial charge in [0.1, 0.15) is 0 Å². The van der Waals surface area contributed by atoms with Crippen molar-refractivity contribution < 1.29 is 9.59 Å².